The number of fused-ring (bicyclic) bond motifs is 2. The molecule has 2 N–H and O–H groups in total. The zero-order valence-corrected chi connectivity index (χ0v) is 8.37. The second-order valence-electron chi connectivity index (χ2n) is 4.03. The fraction of sp³-hybridized carbons (Fsp3) is 0.182. The van der Waals surface area contributed by atoms with Crippen molar-refractivity contribution >= 4 is 11.5 Å². The first-order valence-corrected chi connectivity index (χ1v) is 5.20. The molecule has 5 heteroatoms. The van der Waals surface area contributed by atoms with E-state index in [0.29, 0.717) is 11.3 Å². The van der Waals surface area contributed by atoms with E-state index in [9.17, 15) is 4.79 Å². The van der Waals surface area contributed by atoms with Gasteiger partial charge in [-0.05, 0) is 12.0 Å². The fourth-order valence-corrected chi connectivity index (χ4v) is 2.46. The highest BCUT2D eigenvalue weighted by Crippen LogP contribution is 2.30. The lowest BCUT2D eigenvalue weighted by atomic mass is 9.88. The average Bonchev–Trinajstić information content (AvgIpc) is 2.93. The Kier molecular flexibility index (Phi) is 1.25. The summed E-state index contributed by atoms with van der Waals surface area (Å²) in [6, 6.07) is 0. The van der Waals surface area contributed by atoms with Crippen LogP contribution in [-0.2, 0) is 6.42 Å². The summed E-state index contributed by atoms with van der Waals surface area (Å²) in [5.74, 6) is 0.00542. The molecule has 1 aliphatic carbocycles. The number of aliphatic imine (C=N–C) groups is 1. The summed E-state index contributed by atoms with van der Waals surface area (Å²) < 4.78 is 0. The molecular formula is C11H8N4O. The van der Waals surface area contributed by atoms with E-state index in [1.807, 2.05) is 6.20 Å². The van der Waals surface area contributed by atoms with E-state index in [1.165, 1.54) is 5.56 Å². The maximum absolute atomic E-state index is 12.1. The van der Waals surface area contributed by atoms with Gasteiger partial charge in [0.15, 0.2) is 0 Å². The van der Waals surface area contributed by atoms with Crippen molar-refractivity contribution in [1.82, 2.24) is 15.2 Å². The summed E-state index contributed by atoms with van der Waals surface area (Å²) in [6.45, 7) is 0.770. The quantitative estimate of drug-likeness (QED) is 0.575. The first-order valence-electron chi connectivity index (χ1n) is 5.20. The van der Waals surface area contributed by atoms with Crippen LogP contribution in [0.3, 0.4) is 0 Å². The molecule has 0 radical (unpaired) electrons. The summed E-state index contributed by atoms with van der Waals surface area (Å²) in [5, 5.41) is 6.79. The fourth-order valence-electron chi connectivity index (χ4n) is 2.46. The Labute approximate surface area is 90.6 Å². The van der Waals surface area contributed by atoms with Crippen molar-refractivity contribution in [3.63, 3.8) is 0 Å². The van der Waals surface area contributed by atoms with Gasteiger partial charge in [-0.25, -0.2) is 0 Å². The summed E-state index contributed by atoms with van der Waals surface area (Å²) in [4.78, 5) is 19.7. The molecule has 0 amide bonds. The van der Waals surface area contributed by atoms with Gasteiger partial charge in [0.25, 0.3) is 0 Å². The molecule has 5 nitrogen and oxygen atoms in total. The third-order valence-corrected chi connectivity index (χ3v) is 3.20. The first kappa shape index (κ1) is 8.04. The van der Waals surface area contributed by atoms with Crippen LogP contribution in [-0.4, -0.2) is 33.2 Å². The monoisotopic (exact) mass is 212 g/mol. The van der Waals surface area contributed by atoms with Crippen molar-refractivity contribution in [3.05, 3.63) is 40.5 Å². The molecule has 0 atom stereocenters. The molecule has 0 spiro atoms. The Morgan fingerprint density at radius 3 is 3.19 bits per heavy atom. The number of carbonyl (C=O) groups is 1. The van der Waals surface area contributed by atoms with Gasteiger partial charge < -0.3 is 4.98 Å². The number of nitrogens with one attached hydrogen (secondary N) is 2. The van der Waals surface area contributed by atoms with Gasteiger partial charge in [0, 0.05) is 18.3 Å². The largest absolute Gasteiger partial charge is 0.358 e. The Morgan fingerprint density at radius 1 is 1.31 bits per heavy atom. The van der Waals surface area contributed by atoms with E-state index in [4.69, 9.17) is 0 Å². The van der Waals surface area contributed by atoms with Crippen LogP contribution in [0.15, 0.2) is 17.4 Å². The van der Waals surface area contributed by atoms with Crippen molar-refractivity contribution in [1.29, 1.82) is 0 Å². The maximum Gasteiger partial charge on any atom is 0.213 e. The van der Waals surface area contributed by atoms with Crippen molar-refractivity contribution in [2.24, 2.45) is 4.99 Å². The molecule has 2 aliphatic rings. The standard InChI is InChI=1S/C11H8N4O/c16-11-6-4-14-15-8(6)9-7-5(1-2-12-9)3-13-10(7)11/h3-4,13H,1-2H2,(H,14,15). The van der Waals surface area contributed by atoms with E-state index in [-0.39, 0.29) is 5.78 Å². The molecule has 2 aromatic heterocycles. The van der Waals surface area contributed by atoms with Gasteiger partial charge in [0.2, 0.25) is 5.78 Å². The van der Waals surface area contributed by atoms with Crippen LogP contribution in [0, 0.1) is 0 Å². The SMILES string of the molecule is O=C1c2cn[nH]c2C2=NCCc3c[nH]c1c32. The van der Waals surface area contributed by atoms with E-state index < -0.39 is 0 Å². The number of ketones is 1. The summed E-state index contributed by atoms with van der Waals surface area (Å²) >= 11 is 0. The van der Waals surface area contributed by atoms with Crippen LogP contribution in [0.2, 0.25) is 0 Å². The summed E-state index contributed by atoms with van der Waals surface area (Å²) in [6.07, 6.45) is 4.38. The van der Waals surface area contributed by atoms with Crippen LogP contribution in [0.1, 0.15) is 32.9 Å². The molecule has 3 heterocycles. The van der Waals surface area contributed by atoms with Gasteiger partial charge in [0.05, 0.1) is 28.9 Å². The summed E-state index contributed by atoms with van der Waals surface area (Å²) in [7, 11) is 0. The first-order chi connectivity index (χ1) is 7.86. The Hall–Kier alpha value is -2.17. The molecule has 0 saturated heterocycles. The molecule has 0 bridgehead atoms. The molecule has 16 heavy (non-hydrogen) atoms. The molecule has 1 aliphatic heterocycles. The molecule has 2 aromatic rings. The van der Waals surface area contributed by atoms with Crippen LogP contribution in [0.5, 0.6) is 0 Å². The lowest BCUT2D eigenvalue weighted by molar-refractivity contribution is 0.103. The van der Waals surface area contributed by atoms with Crippen LogP contribution in [0.25, 0.3) is 0 Å². The van der Waals surface area contributed by atoms with Gasteiger partial charge in [-0.1, -0.05) is 0 Å². The van der Waals surface area contributed by atoms with Gasteiger partial charge >= 0.3 is 0 Å². The number of aromatic nitrogens is 3. The minimum Gasteiger partial charge on any atom is -0.358 e. The molecule has 0 aromatic carbocycles. The van der Waals surface area contributed by atoms with Gasteiger partial charge in [0.1, 0.15) is 0 Å². The van der Waals surface area contributed by atoms with Crippen molar-refractivity contribution in [2.75, 3.05) is 6.54 Å². The maximum atomic E-state index is 12.1. The highest BCUT2D eigenvalue weighted by molar-refractivity contribution is 6.29. The Balaban J connectivity index is 2.14. The van der Waals surface area contributed by atoms with Crippen LogP contribution in [0.4, 0.5) is 0 Å². The third kappa shape index (κ3) is 0.756. The normalized spacial score (nSPS) is 16.8. The van der Waals surface area contributed by atoms with E-state index in [2.05, 4.69) is 20.2 Å². The van der Waals surface area contributed by atoms with Crippen molar-refractivity contribution in [3.8, 4) is 0 Å². The average molecular weight is 212 g/mol. The zero-order valence-electron chi connectivity index (χ0n) is 8.37. The van der Waals surface area contributed by atoms with Crippen molar-refractivity contribution < 1.29 is 4.79 Å². The Morgan fingerprint density at radius 2 is 2.25 bits per heavy atom. The topological polar surface area (TPSA) is 73.9 Å². The van der Waals surface area contributed by atoms with Crippen molar-refractivity contribution in [2.45, 2.75) is 6.42 Å². The van der Waals surface area contributed by atoms with Gasteiger partial charge in [-0.15, -0.1) is 0 Å². The minimum absolute atomic E-state index is 0.00542. The Bertz CT molecular complexity index is 647. The third-order valence-electron chi connectivity index (χ3n) is 3.20. The van der Waals surface area contributed by atoms with E-state index in [0.717, 1.165) is 29.9 Å². The number of H-pyrrole nitrogens is 2. The number of carbonyl (C=O) groups excluding carboxylic acids is 1. The molecule has 78 valence electrons. The lowest BCUT2D eigenvalue weighted by Crippen LogP contribution is -2.24. The van der Waals surface area contributed by atoms with E-state index in [1.54, 1.807) is 6.20 Å². The highest BCUT2D eigenvalue weighted by Gasteiger charge is 2.34. The molecule has 0 unspecified atom stereocenters. The minimum atomic E-state index is 0.00542. The predicted molar refractivity (Wildman–Crippen MR) is 57.0 cm³/mol. The highest BCUT2D eigenvalue weighted by atomic mass is 16.1. The molecule has 0 fully saturated rings. The lowest BCUT2D eigenvalue weighted by Gasteiger charge is -2.18. The van der Waals surface area contributed by atoms with E-state index >= 15 is 0 Å². The number of hydrogen-bond acceptors (Lipinski definition) is 3. The van der Waals surface area contributed by atoms with Gasteiger partial charge in [-0.3, -0.25) is 14.9 Å². The molecular weight excluding hydrogens is 204 g/mol. The van der Waals surface area contributed by atoms with Gasteiger partial charge in [-0.2, -0.15) is 5.10 Å². The number of hydrogen-bond donors (Lipinski definition) is 2. The number of rotatable bonds is 0. The predicted octanol–water partition coefficient (Wildman–Crippen LogP) is 0.676. The second-order valence-corrected chi connectivity index (χ2v) is 4.03. The van der Waals surface area contributed by atoms with Crippen LogP contribution < -0.4 is 0 Å². The molecule has 4 rings (SSSR count). The number of aromatic amines is 2. The number of nitrogens with zero attached hydrogens (tertiary/aromatic N) is 2. The summed E-state index contributed by atoms with van der Waals surface area (Å²) in [5.41, 5.74) is 5.05. The smallest absolute Gasteiger partial charge is 0.213 e. The zero-order chi connectivity index (χ0) is 10.7. The van der Waals surface area contributed by atoms with Crippen LogP contribution >= 0.6 is 0 Å². The molecule has 0 saturated carbocycles. The second kappa shape index (κ2) is 2.49.